The molecule has 114 valence electrons. The van der Waals surface area contributed by atoms with Crippen LogP contribution in [0.4, 0.5) is 5.69 Å². The van der Waals surface area contributed by atoms with Crippen molar-refractivity contribution in [1.29, 1.82) is 0 Å². The van der Waals surface area contributed by atoms with E-state index in [1.54, 1.807) is 0 Å². The third-order valence-electron chi connectivity index (χ3n) is 2.82. The lowest BCUT2D eigenvalue weighted by Gasteiger charge is -2.06. The van der Waals surface area contributed by atoms with E-state index in [-0.39, 0.29) is 16.8 Å². The Morgan fingerprint density at radius 2 is 2.05 bits per heavy atom. The van der Waals surface area contributed by atoms with Gasteiger partial charge < -0.3 is 10.1 Å². The zero-order chi connectivity index (χ0) is 16.1. The van der Waals surface area contributed by atoms with Gasteiger partial charge >= 0.3 is 5.97 Å². The highest BCUT2D eigenvalue weighted by atomic mass is 32.1. The number of rotatable bonds is 5. The Labute approximate surface area is 129 Å². The van der Waals surface area contributed by atoms with Crippen LogP contribution in [0.25, 0.3) is 0 Å². The number of hydrogen-bond donors (Lipinski definition) is 1. The lowest BCUT2D eigenvalue weighted by Crippen LogP contribution is -2.22. The third kappa shape index (κ3) is 3.67. The van der Waals surface area contributed by atoms with Crippen LogP contribution in [0.1, 0.15) is 25.6 Å². The van der Waals surface area contributed by atoms with Gasteiger partial charge in [0, 0.05) is 22.6 Å². The van der Waals surface area contributed by atoms with Crippen molar-refractivity contribution in [3.63, 3.8) is 0 Å². The number of benzene rings is 1. The van der Waals surface area contributed by atoms with E-state index in [0.29, 0.717) is 6.54 Å². The number of amides is 1. The summed E-state index contributed by atoms with van der Waals surface area (Å²) in [5.74, 6) is -1.24. The molecule has 1 aromatic carbocycles. The van der Waals surface area contributed by atoms with Crippen molar-refractivity contribution >= 4 is 28.9 Å². The van der Waals surface area contributed by atoms with Gasteiger partial charge in [0.2, 0.25) is 0 Å². The summed E-state index contributed by atoms with van der Waals surface area (Å²) < 4.78 is 4.53. The van der Waals surface area contributed by atoms with E-state index in [1.165, 1.54) is 17.4 Å². The number of ether oxygens (including phenoxy) is 1. The average molecular weight is 320 g/mol. The number of nitro groups is 1. The second-order valence-corrected chi connectivity index (χ2v) is 5.31. The SMILES string of the molecule is COC(=O)c1cc(C(=O)NCc2cccs2)cc([N+](=O)[O-])c1. The first-order chi connectivity index (χ1) is 10.5. The molecule has 1 aromatic heterocycles. The molecule has 0 radical (unpaired) electrons. The summed E-state index contributed by atoms with van der Waals surface area (Å²) in [7, 11) is 1.16. The maximum atomic E-state index is 12.1. The van der Waals surface area contributed by atoms with Crippen molar-refractivity contribution in [2.45, 2.75) is 6.54 Å². The van der Waals surface area contributed by atoms with Crippen molar-refractivity contribution in [2.24, 2.45) is 0 Å². The summed E-state index contributed by atoms with van der Waals surface area (Å²) in [4.78, 5) is 34.8. The molecule has 22 heavy (non-hydrogen) atoms. The molecule has 0 saturated carbocycles. The maximum Gasteiger partial charge on any atom is 0.338 e. The summed E-state index contributed by atoms with van der Waals surface area (Å²) in [5, 5.41) is 15.4. The minimum absolute atomic E-state index is 0.0335. The fraction of sp³-hybridized carbons (Fsp3) is 0.143. The molecule has 1 amide bonds. The summed E-state index contributed by atoms with van der Waals surface area (Å²) >= 11 is 1.48. The van der Waals surface area contributed by atoms with E-state index >= 15 is 0 Å². The highest BCUT2D eigenvalue weighted by Gasteiger charge is 2.18. The minimum atomic E-state index is -0.740. The number of non-ortho nitro benzene ring substituents is 1. The molecule has 1 heterocycles. The number of carbonyl (C=O) groups is 2. The van der Waals surface area contributed by atoms with E-state index < -0.39 is 16.8 Å². The molecule has 0 atom stereocenters. The van der Waals surface area contributed by atoms with Crippen LogP contribution in [0.15, 0.2) is 35.7 Å². The Morgan fingerprint density at radius 3 is 2.64 bits per heavy atom. The second-order valence-electron chi connectivity index (χ2n) is 4.28. The molecule has 8 heteroatoms. The number of nitrogens with zero attached hydrogens (tertiary/aromatic N) is 1. The quantitative estimate of drug-likeness (QED) is 0.518. The van der Waals surface area contributed by atoms with E-state index in [1.807, 2.05) is 17.5 Å². The zero-order valence-electron chi connectivity index (χ0n) is 11.6. The zero-order valence-corrected chi connectivity index (χ0v) is 12.4. The standard InChI is InChI=1S/C14H12N2O5S/c1-21-14(18)10-5-9(6-11(7-10)16(19)20)13(17)15-8-12-3-2-4-22-12/h2-7H,8H2,1H3,(H,15,17). The number of hydrogen-bond acceptors (Lipinski definition) is 6. The molecule has 0 spiro atoms. The fourth-order valence-corrected chi connectivity index (χ4v) is 2.41. The van der Waals surface area contributed by atoms with Gasteiger partial charge in [-0.1, -0.05) is 6.07 Å². The first-order valence-electron chi connectivity index (χ1n) is 6.19. The summed E-state index contributed by atoms with van der Waals surface area (Å²) in [5.41, 5.74) is -0.353. The van der Waals surface area contributed by atoms with Gasteiger partial charge in [0.05, 0.1) is 24.1 Å². The topological polar surface area (TPSA) is 98.5 Å². The van der Waals surface area contributed by atoms with Crippen LogP contribution in [-0.4, -0.2) is 23.9 Å². The maximum absolute atomic E-state index is 12.1. The van der Waals surface area contributed by atoms with Crippen LogP contribution in [0.2, 0.25) is 0 Å². The first kappa shape index (κ1) is 15.6. The molecule has 0 saturated heterocycles. The predicted octanol–water partition coefficient (Wildman–Crippen LogP) is 2.37. The second kappa shape index (κ2) is 6.81. The Kier molecular flexibility index (Phi) is 4.84. The molecular weight excluding hydrogens is 308 g/mol. The molecule has 1 N–H and O–H groups in total. The Balaban J connectivity index is 2.24. The van der Waals surface area contributed by atoms with Crippen LogP contribution in [0, 0.1) is 10.1 Å². The monoisotopic (exact) mass is 320 g/mol. The van der Waals surface area contributed by atoms with Gasteiger partial charge in [0.1, 0.15) is 0 Å². The summed E-state index contributed by atoms with van der Waals surface area (Å²) in [6.07, 6.45) is 0. The van der Waals surface area contributed by atoms with Crippen LogP contribution in [-0.2, 0) is 11.3 Å². The van der Waals surface area contributed by atoms with Gasteiger partial charge in [-0.2, -0.15) is 0 Å². The normalized spacial score (nSPS) is 10.0. The molecule has 7 nitrogen and oxygen atoms in total. The van der Waals surface area contributed by atoms with Gasteiger partial charge in [-0.3, -0.25) is 14.9 Å². The molecule has 0 fully saturated rings. The van der Waals surface area contributed by atoms with E-state index in [9.17, 15) is 19.7 Å². The fourth-order valence-electron chi connectivity index (χ4n) is 1.77. The Hall–Kier alpha value is -2.74. The smallest absolute Gasteiger partial charge is 0.338 e. The van der Waals surface area contributed by atoms with Crippen LogP contribution >= 0.6 is 11.3 Å². The molecular formula is C14H12N2O5S. The lowest BCUT2D eigenvalue weighted by atomic mass is 10.1. The van der Waals surface area contributed by atoms with E-state index in [2.05, 4.69) is 10.1 Å². The molecule has 0 bridgehead atoms. The van der Waals surface area contributed by atoms with Crippen LogP contribution in [0.5, 0.6) is 0 Å². The highest BCUT2D eigenvalue weighted by Crippen LogP contribution is 2.18. The number of thiophene rings is 1. The highest BCUT2D eigenvalue weighted by molar-refractivity contribution is 7.09. The molecule has 2 aromatic rings. The average Bonchev–Trinajstić information content (AvgIpc) is 3.04. The summed E-state index contributed by atoms with van der Waals surface area (Å²) in [6.45, 7) is 0.312. The number of esters is 1. The molecule has 0 aliphatic carbocycles. The number of carbonyl (C=O) groups excluding carboxylic acids is 2. The first-order valence-corrected chi connectivity index (χ1v) is 7.07. The van der Waals surface area contributed by atoms with Crippen molar-refractivity contribution in [3.05, 3.63) is 61.8 Å². The molecule has 0 aliphatic rings. The third-order valence-corrected chi connectivity index (χ3v) is 3.69. The lowest BCUT2D eigenvalue weighted by molar-refractivity contribution is -0.384. The van der Waals surface area contributed by atoms with Gasteiger partial charge in [0.15, 0.2) is 0 Å². The van der Waals surface area contributed by atoms with E-state index in [4.69, 9.17) is 0 Å². The van der Waals surface area contributed by atoms with Crippen molar-refractivity contribution in [3.8, 4) is 0 Å². The van der Waals surface area contributed by atoms with Gasteiger partial charge in [-0.05, 0) is 17.5 Å². The van der Waals surface area contributed by atoms with E-state index in [0.717, 1.165) is 24.1 Å². The number of methoxy groups -OCH3 is 1. The van der Waals surface area contributed by atoms with Gasteiger partial charge in [0.25, 0.3) is 11.6 Å². The van der Waals surface area contributed by atoms with Crippen molar-refractivity contribution < 1.29 is 19.2 Å². The largest absolute Gasteiger partial charge is 0.465 e. The molecule has 2 rings (SSSR count). The minimum Gasteiger partial charge on any atom is -0.465 e. The van der Waals surface area contributed by atoms with Crippen LogP contribution < -0.4 is 5.32 Å². The number of nitrogens with one attached hydrogen (secondary N) is 1. The Morgan fingerprint density at radius 1 is 1.32 bits per heavy atom. The molecule has 0 aliphatic heterocycles. The predicted molar refractivity (Wildman–Crippen MR) is 79.9 cm³/mol. The van der Waals surface area contributed by atoms with Crippen molar-refractivity contribution in [2.75, 3.05) is 7.11 Å². The van der Waals surface area contributed by atoms with Crippen molar-refractivity contribution in [1.82, 2.24) is 5.32 Å². The van der Waals surface area contributed by atoms with Gasteiger partial charge in [-0.25, -0.2) is 4.79 Å². The summed E-state index contributed by atoms with van der Waals surface area (Å²) in [6, 6.07) is 7.17. The van der Waals surface area contributed by atoms with Crippen LogP contribution in [0.3, 0.4) is 0 Å². The molecule has 0 unspecified atom stereocenters. The Bertz CT molecular complexity index is 712. The number of nitro benzene ring substituents is 1. The van der Waals surface area contributed by atoms with Gasteiger partial charge in [-0.15, -0.1) is 11.3 Å².